The van der Waals surface area contributed by atoms with Crippen LogP contribution in [-0.2, 0) is 10.1 Å². The third-order valence-electron chi connectivity index (χ3n) is 7.72. The van der Waals surface area contributed by atoms with Crippen LogP contribution in [0.4, 0.5) is 17.6 Å². The Hall–Kier alpha value is -2.46. The third-order valence-corrected chi connectivity index (χ3v) is 8.58. The third kappa shape index (κ3) is 4.14. The molecule has 0 N–H and O–H groups in total. The highest BCUT2D eigenvalue weighted by atomic mass is 32.2. The van der Waals surface area contributed by atoms with Crippen molar-refractivity contribution in [2.24, 2.45) is 0 Å². The number of hydrogen-bond acceptors (Lipinski definition) is 5. The number of ether oxygens (including phenoxy) is 1. The van der Waals surface area contributed by atoms with Crippen LogP contribution >= 0.6 is 0 Å². The second-order valence-corrected chi connectivity index (χ2v) is 11.0. The predicted molar refractivity (Wildman–Crippen MR) is 115 cm³/mol. The average Bonchev–Trinajstić information content (AvgIpc) is 2.64. The van der Waals surface area contributed by atoms with Crippen molar-refractivity contribution in [1.29, 1.82) is 0 Å². The number of carbonyl (C=O) groups excluding carboxylic acids is 1. The molecule has 3 saturated carbocycles. The molecule has 0 aliphatic heterocycles. The van der Waals surface area contributed by atoms with E-state index in [0.717, 1.165) is 63.4 Å². The summed E-state index contributed by atoms with van der Waals surface area (Å²) in [4.78, 5) is 11.0. The predicted octanol–water partition coefficient (Wildman–Crippen LogP) is 6.17. The van der Waals surface area contributed by atoms with E-state index in [1.54, 1.807) is 0 Å². The van der Waals surface area contributed by atoms with Gasteiger partial charge in [-0.2, -0.15) is 8.78 Å². The SMILES string of the molecule is O=C(Oc1c(F)c(F)c(S(=O)(=O)[O-])c(F)c1F)c1c(C2CCC2)cc(C2CCC2)cc1C1CCC1. The van der Waals surface area contributed by atoms with Crippen LogP contribution in [0.15, 0.2) is 17.0 Å². The van der Waals surface area contributed by atoms with Gasteiger partial charge in [0, 0.05) is 0 Å². The molecule has 0 unspecified atom stereocenters. The molecular formula is C25H23F4O5S-. The first-order valence-electron chi connectivity index (χ1n) is 11.8. The molecule has 2 aromatic carbocycles. The first kappa shape index (κ1) is 24.2. The minimum absolute atomic E-state index is 0.0625. The van der Waals surface area contributed by atoms with Crippen molar-refractivity contribution in [1.82, 2.24) is 0 Å². The summed E-state index contributed by atoms with van der Waals surface area (Å²) in [5.74, 6) is -11.7. The van der Waals surface area contributed by atoms with Crippen molar-refractivity contribution in [3.63, 3.8) is 0 Å². The molecule has 5 rings (SSSR count). The molecular weight excluding hydrogens is 488 g/mol. The number of halogens is 4. The lowest BCUT2D eigenvalue weighted by atomic mass is 9.69. The molecule has 2 aromatic rings. The fraction of sp³-hybridized carbons (Fsp3) is 0.480. The van der Waals surface area contributed by atoms with Gasteiger partial charge in [-0.15, -0.1) is 0 Å². The molecule has 35 heavy (non-hydrogen) atoms. The van der Waals surface area contributed by atoms with E-state index in [4.69, 9.17) is 4.74 Å². The lowest BCUT2D eigenvalue weighted by molar-refractivity contribution is 0.0711. The van der Waals surface area contributed by atoms with Crippen molar-refractivity contribution in [3.8, 4) is 5.75 Å². The molecule has 0 heterocycles. The normalized spacial score (nSPS) is 19.1. The van der Waals surface area contributed by atoms with Crippen LogP contribution in [-0.4, -0.2) is 18.9 Å². The van der Waals surface area contributed by atoms with E-state index >= 15 is 0 Å². The quantitative estimate of drug-likeness (QED) is 0.152. The molecule has 0 saturated heterocycles. The van der Waals surface area contributed by atoms with Gasteiger partial charge in [0.25, 0.3) is 0 Å². The summed E-state index contributed by atoms with van der Waals surface area (Å²) in [7, 11) is -5.86. The fourth-order valence-electron chi connectivity index (χ4n) is 5.05. The lowest BCUT2D eigenvalue weighted by Gasteiger charge is -2.35. The minimum atomic E-state index is -5.86. The first-order valence-corrected chi connectivity index (χ1v) is 13.2. The second kappa shape index (κ2) is 8.89. The van der Waals surface area contributed by atoms with Gasteiger partial charge in [-0.05, 0) is 73.0 Å². The molecule has 0 aromatic heterocycles. The number of esters is 1. The Balaban J connectivity index is 1.61. The molecule has 5 nitrogen and oxygen atoms in total. The average molecular weight is 512 g/mol. The molecule has 0 spiro atoms. The molecule has 3 fully saturated rings. The summed E-state index contributed by atoms with van der Waals surface area (Å²) in [6.07, 6.45) is 8.48. The van der Waals surface area contributed by atoms with E-state index in [2.05, 4.69) is 0 Å². The maximum Gasteiger partial charge on any atom is 0.344 e. The largest absolute Gasteiger partial charge is 0.744 e. The van der Waals surface area contributed by atoms with E-state index in [1.165, 1.54) is 0 Å². The van der Waals surface area contributed by atoms with Crippen LogP contribution in [0.3, 0.4) is 0 Å². The smallest absolute Gasteiger partial charge is 0.344 e. The van der Waals surface area contributed by atoms with Gasteiger partial charge in [0.2, 0.25) is 17.4 Å². The maximum atomic E-state index is 14.5. The topological polar surface area (TPSA) is 83.5 Å². The van der Waals surface area contributed by atoms with Crippen LogP contribution in [0.25, 0.3) is 0 Å². The molecule has 0 amide bonds. The Labute approximate surface area is 200 Å². The van der Waals surface area contributed by atoms with Gasteiger partial charge in [-0.25, -0.2) is 22.0 Å². The maximum absolute atomic E-state index is 14.5. The highest BCUT2D eigenvalue weighted by molar-refractivity contribution is 7.85. The van der Waals surface area contributed by atoms with Crippen molar-refractivity contribution in [2.75, 3.05) is 0 Å². The van der Waals surface area contributed by atoms with Crippen molar-refractivity contribution < 1.29 is 40.1 Å². The zero-order valence-corrected chi connectivity index (χ0v) is 19.5. The zero-order valence-electron chi connectivity index (χ0n) is 18.7. The van der Waals surface area contributed by atoms with Gasteiger partial charge in [0.1, 0.15) is 15.0 Å². The summed E-state index contributed by atoms with van der Waals surface area (Å²) in [6.45, 7) is 0. The molecule has 0 radical (unpaired) electrons. The van der Waals surface area contributed by atoms with Gasteiger partial charge >= 0.3 is 5.97 Å². The van der Waals surface area contributed by atoms with Gasteiger partial charge in [0.15, 0.2) is 11.6 Å². The number of hydrogen-bond donors (Lipinski definition) is 0. The molecule has 188 valence electrons. The monoisotopic (exact) mass is 511 g/mol. The van der Waals surface area contributed by atoms with Gasteiger partial charge in [0.05, 0.1) is 5.56 Å². The molecule has 0 atom stereocenters. The fourth-order valence-corrected chi connectivity index (χ4v) is 5.67. The summed E-state index contributed by atoms with van der Waals surface area (Å²) >= 11 is 0. The van der Waals surface area contributed by atoms with Crippen LogP contribution < -0.4 is 4.74 Å². The van der Waals surface area contributed by atoms with Crippen LogP contribution in [0.5, 0.6) is 5.75 Å². The molecule has 10 heteroatoms. The summed E-state index contributed by atoms with van der Waals surface area (Å²) in [6, 6.07) is 3.90. The Morgan fingerprint density at radius 1 is 0.771 bits per heavy atom. The van der Waals surface area contributed by atoms with Gasteiger partial charge < -0.3 is 9.29 Å². The van der Waals surface area contributed by atoms with Crippen LogP contribution in [0, 0.1) is 23.3 Å². The lowest BCUT2D eigenvalue weighted by Crippen LogP contribution is -2.24. The summed E-state index contributed by atoms with van der Waals surface area (Å²) < 4.78 is 95.7. The van der Waals surface area contributed by atoms with Crippen LogP contribution in [0.2, 0.25) is 0 Å². The highest BCUT2D eigenvalue weighted by Gasteiger charge is 2.36. The highest BCUT2D eigenvalue weighted by Crippen LogP contribution is 2.48. The summed E-state index contributed by atoms with van der Waals surface area (Å²) in [5.41, 5.74) is 2.71. The minimum Gasteiger partial charge on any atom is -0.744 e. The van der Waals surface area contributed by atoms with Crippen LogP contribution in [0.1, 0.15) is 103 Å². The van der Waals surface area contributed by atoms with Crippen molar-refractivity contribution in [2.45, 2.75) is 80.4 Å². The van der Waals surface area contributed by atoms with E-state index in [1.807, 2.05) is 12.1 Å². The van der Waals surface area contributed by atoms with Crippen molar-refractivity contribution >= 4 is 16.1 Å². The summed E-state index contributed by atoms with van der Waals surface area (Å²) in [5, 5.41) is 0. The first-order chi connectivity index (χ1) is 16.6. The molecule has 3 aliphatic carbocycles. The van der Waals surface area contributed by atoms with Gasteiger partial charge in [-0.1, -0.05) is 31.4 Å². The van der Waals surface area contributed by atoms with E-state index < -0.39 is 50.0 Å². The Morgan fingerprint density at radius 2 is 1.20 bits per heavy atom. The Kier molecular flexibility index (Phi) is 6.15. The number of rotatable bonds is 6. The van der Waals surface area contributed by atoms with Gasteiger partial charge in [-0.3, -0.25) is 0 Å². The number of benzene rings is 2. The number of carbonyl (C=O) groups is 1. The molecule has 3 aliphatic rings. The zero-order chi connectivity index (χ0) is 25.1. The van der Waals surface area contributed by atoms with E-state index in [0.29, 0.717) is 17.0 Å². The van der Waals surface area contributed by atoms with Crippen molar-refractivity contribution in [3.05, 3.63) is 57.7 Å². The van der Waals surface area contributed by atoms with E-state index in [9.17, 15) is 35.3 Å². The Morgan fingerprint density at radius 3 is 1.54 bits per heavy atom. The van der Waals surface area contributed by atoms with E-state index in [-0.39, 0.29) is 17.4 Å². The Bertz CT molecular complexity index is 1250. The molecule has 0 bridgehead atoms. The second-order valence-electron chi connectivity index (χ2n) is 9.72. The standard InChI is InChI=1S/C25H24F4O5S/c26-19-21(28)24(35(31,32)33)22(29)20(27)23(19)34-25(30)18-16(13-6-2-7-13)10-15(12-4-1-5-12)11-17(18)14-8-3-9-14/h10-14H,1-9H2,(H,31,32,33)/p-1.